The standard InChI is InChI=1S/C26H35N3O5S/c1-15-12-21(16(2)17(3)24(15)31)27-25(32)23-20-13-19(28-35(7,33)34)9-8-18(20)10-11-29(23)22(30)14-26(4,5)6/h8-9,12-13,23,28,31H,10-11,14H2,1-7H3,(H,27,32). The molecule has 1 aliphatic rings. The number of fused-ring (bicyclic) bond motifs is 1. The largest absolute Gasteiger partial charge is 0.507 e. The van der Waals surface area contributed by atoms with Gasteiger partial charge in [-0.05, 0) is 78.6 Å². The van der Waals surface area contributed by atoms with Crippen molar-refractivity contribution in [2.75, 3.05) is 22.8 Å². The lowest BCUT2D eigenvalue weighted by Crippen LogP contribution is -2.46. The van der Waals surface area contributed by atoms with Crippen molar-refractivity contribution < 1.29 is 23.1 Å². The van der Waals surface area contributed by atoms with Crippen molar-refractivity contribution in [3.63, 3.8) is 0 Å². The lowest BCUT2D eigenvalue weighted by molar-refractivity contribution is -0.141. The van der Waals surface area contributed by atoms with Gasteiger partial charge >= 0.3 is 0 Å². The molecule has 1 heterocycles. The Bertz CT molecular complexity index is 1280. The highest BCUT2D eigenvalue weighted by molar-refractivity contribution is 7.92. The van der Waals surface area contributed by atoms with Gasteiger partial charge in [-0.3, -0.25) is 14.3 Å². The van der Waals surface area contributed by atoms with E-state index in [9.17, 15) is 23.1 Å². The van der Waals surface area contributed by atoms with Crippen molar-refractivity contribution in [1.29, 1.82) is 0 Å². The number of phenolic OH excluding ortho intramolecular Hbond substituents is 1. The molecule has 1 unspecified atom stereocenters. The van der Waals surface area contributed by atoms with Crippen LogP contribution in [0.5, 0.6) is 5.75 Å². The van der Waals surface area contributed by atoms with Crippen LogP contribution in [-0.4, -0.2) is 43.0 Å². The van der Waals surface area contributed by atoms with Crippen LogP contribution in [0.15, 0.2) is 24.3 Å². The molecule has 0 fully saturated rings. The van der Waals surface area contributed by atoms with Gasteiger partial charge in [0.1, 0.15) is 11.8 Å². The topological polar surface area (TPSA) is 116 Å². The molecule has 0 aromatic heterocycles. The second-order valence-corrected chi connectivity index (χ2v) is 12.3. The van der Waals surface area contributed by atoms with Crippen LogP contribution in [0.4, 0.5) is 11.4 Å². The fourth-order valence-corrected chi connectivity index (χ4v) is 4.95. The summed E-state index contributed by atoms with van der Waals surface area (Å²) in [5.41, 5.74) is 4.15. The van der Waals surface area contributed by atoms with Gasteiger partial charge in [-0.1, -0.05) is 26.8 Å². The van der Waals surface area contributed by atoms with E-state index in [4.69, 9.17) is 0 Å². The number of carbonyl (C=O) groups excluding carboxylic acids is 2. The summed E-state index contributed by atoms with van der Waals surface area (Å²) >= 11 is 0. The van der Waals surface area contributed by atoms with Crippen molar-refractivity contribution in [2.24, 2.45) is 5.41 Å². The molecular formula is C26H35N3O5S. The van der Waals surface area contributed by atoms with Crippen LogP contribution in [0.1, 0.15) is 61.1 Å². The third-order valence-corrected chi connectivity index (χ3v) is 6.85. The minimum atomic E-state index is -3.52. The molecule has 0 aliphatic carbocycles. The molecule has 0 saturated carbocycles. The predicted molar refractivity (Wildman–Crippen MR) is 138 cm³/mol. The first-order valence-corrected chi connectivity index (χ1v) is 13.5. The molecule has 0 bridgehead atoms. The highest BCUT2D eigenvalue weighted by Gasteiger charge is 2.37. The average molecular weight is 502 g/mol. The van der Waals surface area contributed by atoms with Crippen LogP contribution in [0.2, 0.25) is 0 Å². The first-order chi connectivity index (χ1) is 16.1. The number of rotatable bonds is 5. The summed E-state index contributed by atoms with van der Waals surface area (Å²) in [6.07, 6.45) is 1.89. The first kappa shape index (κ1) is 26.5. The van der Waals surface area contributed by atoms with E-state index >= 15 is 0 Å². The van der Waals surface area contributed by atoms with E-state index in [0.29, 0.717) is 41.0 Å². The quantitative estimate of drug-likeness (QED) is 0.532. The summed E-state index contributed by atoms with van der Waals surface area (Å²) in [7, 11) is -3.52. The zero-order valence-corrected chi connectivity index (χ0v) is 22.3. The predicted octanol–water partition coefficient (Wildman–Crippen LogP) is 4.19. The van der Waals surface area contributed by atoms with Gasteiger partial charge in [0.05, 0.1) is 6.26 Å². The molecule has 2 aromatic rings. The van der Waals surface area contributed by atoms with Gasteiger partial charge in [0.2, 0.25) is 15.9 Å². The average Bonchev–Trinajstić information content (AvgIpc) is 2.72. The van der Waals surface area contributed by atoms with Crippen LogP contribution in [-0.2, 0) is 26.0 Å². The summed E-state index contributed by atoms with van der Waals surface area (Å²) in [4.78, 5) is 28.7. The van der Waals surface area contributed by atoms with Crippen LogP contribution in [0, 0.1) is 26.2 Å². The monoisotopic (exact) mass is 501 g/mol. The van der Waals surface area contributed by atoms with E-state index in [-0.39, 0.29) is 23.5 Å². The summed E-state index contributed by atoms with van der Waals surface area (Å²) in [5, 5.41) is 13.2. The molecule has 1 aliphatic heterocycles. The maximum Gasteiger partial charge on any atom is 0.251 e. The van der Waals surface area contributed by atoms with E-state index in [0.717, 1.165) is 17.4 Å². The Hall–Kier alpha value is -3.07. The van der Waals surface area contributed by atoms with Crippen molar-refractivity contribution in [1.82, 2.24) is 4.90 Å². The van der Waals surface area contributed by atoms with Gasteiger partial charge in [-0.2, -0.15) is 0 Å². The lowest BCUT2D eigenvalue weighted by atomic mass is 9.88. The number of hydrogen-bond donors (Lipinski definition) is 3. The number of benzene rings is 2. The van der Waals surface area contributed by atoms with Crippen LogP contribution >= 0.6 is 0 Å². The maximum atomic E-state index is 13.8. The molecule has 3 rings (SSSR count). The smallest absolute Gasteiger partial charge is 0.251 e. The third kappa shape index (κ3) is 6.14. The zero-order valence-electron chi connectivity index (χ0n) is 21.4. The van der Waals surface area contributed by atoms with Gasteiger partial charge in [-0.15, -0.1) is 0 Å². The molecule has 0 radical (unpaired) electrons. The molecule has 8 nitrogen and oxygen atoms in total. The summed E-state index contributed by atoms with van der Waals surface area (Å²) in [6, 6.07) is 5.89. The van der Waals surface area contributed by atoms with E-state index < -0.39 is 22.0 Å². The minimum Gasteiger partial charge on any atom is -0.507 e. The van der Waals surface area contributed by atoms with Crippen molar-refractivity contribution in [3.05, 3.63) is 52.1 Å². The van der Waals surface area contributed by atoms with Crippen molar-refractivity contribution >= 4 is 33.2 Å². The van der Waals surface area contributed by atoms with Crippen LogP contribution < -0.4 is 10.0 Å². The second-order valence-electron chi connectivity index (χ2n) is 10.6. The van der Waals surface area contributed by atoms with Crippen LogP contribution in [0.25, 0.3) is 0 Å². The van der Waals surface area contributed by atoms with E-state index in [2.05, 4.69) is 10.0 Å². The number of nitrogens with one attached hydrogen (secondary N) is 2. The van der Waals surface area contributed by atoms with Gasteiger partial charge in [0.15, 0.2) is 0 Å². The number of hydrogen-bond acceptors (Lipinski definition) is 5. The molecule has 1 atom stereocenters. The van der Waals surface area contributed by atoms with Gasteiger partial charge in [-0.25, -0.2) is 8.42 Å². The number of amides is 2. The summed E-state index contributed by atoms with van der Waals surface area (Å²) < 4.78 is 26.1. The van der Waals surface area contributed by atoms with E-state index in [1.165, 1.54) is 0 Å². The number of sulfonamides is 1. The Morgan fingerprint density at radius 3 is 2.37 bits per heavy atom. The van der Waals surface area contributed by atoms with Gasteiger partial charge in [0.25, 0.3) is 5.91 Å². The Morgan fingerprint density at radius 2 is 1.77 bits per heavy atom. The Morgan fingerprint density at radius 1 is 1.11 bits per heavy atom. The van der Waals surface area contributed by atoms with E-state index in [1.54, 1.807) is 43.0 Å². The summed E-state index contributed by atoms with van der Waals surface area (Å²) in [6.45, 7) is 11.6. The van der Waals surface area contributed by atoms with Crippen molar-refractivity contribution in [3.8, 4) is 5.75 Å². The number of anilines is 2. The highest BCUT2D eigenvalue weighted by Crippen LogP contribution is 2.36. The Labute approximate surface area is 207 Å². The molecule has 0 saturated heterocycles. The van der Waals surface area contributed by atoms with E-state index in [1.807, 2.05) is 27.7 Å². The van der Waals surface area contributed by atoms with Crippen molar-refractivity contribution in [2.45, 2.75) is 60.4 Å². The SMILES string of the molecule is Cc1cc(NC(=O)C2c3cc(NS(C)(=O)=O)ccc3CCN2C(=O)CC(C)(C)C)c(C)c(C)c1O. The Balaban J connectivity index is 2.08. The molecule has 9 heteroatoms. The highest BCUT2D eigenvalue weighted by atomic mass is 32.2. The number of aromatic hydroxyl groups is 1. The molecule has 2 amide bonds. The lowest BCUT2D eigenvalue weighted by Gasteiger charge is -2.38. The zero-order chi connectivity index (χ0) is 26.3. The maximum absolute atomic E-state index is 13.8. The molecular weight excluding hydrogens is 466 g/mol. The molecule has 35 heavy (non-hydrogen) atoms. The number of carbonyl (C=O) groups is 2. The first-order valence-electron chi connectivity index (χ1n) is 11.6. The van der Waals surface area contributed by atoms with Crippen LogP contribution in [0.3, 0.4) is 0 Å². The fourth-order valence-electron chi connectivity index (χ4n) is 4.40. The normalized spacial score (nSPS) is 16.0. The number of phenols is 1. The number of nitrogens with zero attached hydrogens (tertiary/aromatic N) is 1. The number of aryl methyl sites for hydroxylation is 1. The summed E-state index contributed by atoms with van der Waals surface area (Å²) in [5.74, 6) is -0.348. The molecule has 0 spiro atoms. The third-order valence-electron chi connectivity index (χ3n) is 6.24. The van der Waals surface area contributed by atoms with Gasteiger partial charge in [0, 0.05) is 24.3 Å². The fraction of sp³-hybridized carbons (Fsp3) is 0.462. The van der Waals surface area contributed by atoms with Gasteiger partial charge < -0.3 is 15.3 Å². The Kier molecular flexibility index (Phi) is 7.22. The molecule has 3 N–H and O–H groups in total. The second kappa shape index (κ2) is 9.53. The molecule has 190 valence electrons. The molecule has 2 aromatic carbocycles. The minimum absolute atomic E-state index is 0.139.